The summed E-state index contributed by atoms with van der Waals surface area (Å²) in [4.78, 5) is 2.82. The molecule has 0 saturated carbocycles. The molecule has 0 spiro atoms. The SMILES string of the molecule is CCCCCCCC(C)(CCCC)C1CCN(C(C)(C)CC(C)(C)n2cc(CC(C)(CCC)CCCC)cn2)CC1. The maximum Gasteiger partial charge on any atom is 0.0589 e. The Labute approximate surface area is 258 Å². The van der Waals surface area contributed by atoms with Gasteiger partial charge in [0.05, 0.1) is 11.7 Å². The predicted molar refractivity (Wildman–Crippen MR) is 182 cm³/mol. The van der Waals surface area contributed by atoms with E-state index in [1.165, 1.54) is 121 Å². The molecule has 240 valence electrons. The Kier molecular flexibility index (Phi) is 15.0. The predicted octanol–water partition coefficient (Wildman–Crippen LogP) is 11.6. The minimum atomic E-state index is -0.00267. The van der Waals surface area contributed by atoms with Crippen LogP contribution in [0.2, 0.25) is 0 Å². The van der Waals surface area contributed by atoms with Crippen LogP contribution in [0.25, 0.3) is 0 Å². The highest BCUT2D eigenvalue weighted by molar-refractivity contribution is 5.09. The van der Waals surface area contributed by atoms with Gasteiger partial charge in [-0.2, -0.15) is 5.10 Å². The van der Waals surface area contributed by atoms with E-state index in [-0.39, 0.29) is 11.1 Å². The zero-order chi connectivity index (χ0) is 30.6. The molecule has 0 N–H and O–H groups in total. The number of aromatic nitrogens is 2. The molecule has 0 bridgehead atoms. The number of hydrogen-bond acceptors (Lipinski definition) is 2. The molecule has 2 unspecified atom stereocenters. The van der Waals surface area contributed by atoms with Gasteiger partial charge in [0.1, 0.15) is 0 Å². The fourth-order valence-electron chi connectivity index (χ4n) is 8.46. The number of rotatable bonds is 21. The molecule has 1 saturated heterocycles. The van der Waals surface area contributed by atoms with Crippen molar-refractivity contribution in [1.82, 2.24) is 14.7 Å². The van der Waals surface area contributed by atoms with Crippen LogP contribution in [0.3, 0.4) is 0 Å². The lowest BCUT2D eigenvalue weighted by molar-refractivity contribution is 0.00595. The second-order valence-corrected chi connectivity index (χ2v) is 16.1. The van der Waals surface area contributed by atoms with E-state index in [1.807, 2.05) is 0 Å². The lowest BCUT2D eigenvalue weighted by atomic mass is 9.66. The van der Waals surface area contributed by atoms with Crippen LogP contribution in [-0.4, -0.2) is 33.3 Å². The molecular weight excluding hydrogens is 498 g/mol. The summed E-state index contributed by atoms with van der Waals surface area (Å²) in [5.74, 6) is 0.888. The lowest BCUT2D eigenvalue weighted by Crippen LogP contribution is -2.53. The van der Waals surface area contributed by atoms with Gasteiger partial charge in [0, 0.05) is 11.7 Å². The Morgan fingerprint density at radius 3 is 1.88 bits per heavy atom. The first kappa shape index (κ1) is 36.4. The fraction of sp³-hybridized carbons (Fsp3) is 0.921. The average Bonchev–Trinajstić information content (AvgIpc) is 3.39. The van der Waals surface area contributed by atoms with Gasteiger partial charge >= 0.3 is 0 Å². The van der Waals surface area contributed by atoms with Crippen LogP contribution in [0, 0.1) is 16.7 Å². The first-order chi connectivity index (χ1) is 19.3. The van der Waals surface area contributed by atoms with E-state index in [0.29, 0.717) is 10.8 Å². The van der Waals surface area contributed by atoms with E-state index >= 15 is 0 Å². The van der Waals surface area contributed by atoms with Crippen molar-refractivity contribution >= 4 is 0 Å². The second kappa shape index (κ2) is 16.9. The Morgan fingerprint density at radius 2 is 1.27 bits per heavy atom. The van der Waals surface area contributed by atoms with Crippen molar-refractivity contribution in [1.29, 1.82) is 0 Å². The monoisotopic (exact) mass is 572 g/mol. The molecule has 1 aliphatic heterocycles. The Bertz CT molecular complexity index is 830. The Balaban J connectivity index is 2.01. The minimum Gasteiger partial charge on any atom is -0.298 e. The maximum atomic E-state index is 4.96. The fourth-order valence-corrected chi connectivity index (χ4v) is 8.46. The van der Waals surface area contributed by atoms with Gasteiger partial charge in [0.2, 0.25) is 0 Å². The summed E-state index contributed by atoms with van der Waals surface area (Å²) >= 11 is 0. The van der Waals surface area contributed by atoms with E-state index in [4.69, 9.17) is 5.10 Å². The summed E-state index contributed by atoms with van der Waals surface area (Å²) in [7, 11) is 0. The van der Waals surface area contributed by atoms with Gasteiger partial charge < -0.3 is 0 Å². The number of piperidine rings is 1. The molecule has 3 heteroatoms. The van der Waals surface area contributed by atoms with Crippen LogP contribution in [-0.2, 0) is 12.0 Å². The molecule has 1 aliphatic rings. The molecule has 41 heavy (non-hydrogen) atoms. The number of hydrogen-bond donors (Lipinski definition) is 0. The first-order valence-corrected chi connectivity index (χ1v) is 18.1. The van der Waals surface area contributed by atoms with Crippen LogP contribution in [0.5, 0.6) is 0 Å². The number of unbranched alkanes of at least 4 members (excludes halogenated alkanes) is 6. The smallest absolute Gasteiger partial charge is 0.0589 e. The maximum absolute atomic E-state index is 4.96. The first-order valence-electron chi connectivity index (χ1n) is 18.1. The molecule has 1 fully saturated rings. The minimum absolute atomic E-state index is 0.00267. The second-order valence-electron chi connectivity index (χ2n) is 16.1. The van der Waals surface area contributed by atoms with Crippen molar-refractivity contribution in [2.75, 3.05) is 13.1 Å². The highest BCUT2D eigenvalue weighted by Gasteiger charge is 2.41. The largest absolute Gasteiger partial charge is 0.298 e. The van der Waals surface area contributed by atoms with Crippen LogP contribution >= 0.6 is 0 Å². The normalized spacial score (nSPS) is 18.9. The summed E-state index contributed by atoms with van der Waals surface area (Å²) in [5.41, 5.74) is 2.51. The van der Waals surface area contributed by atoms with Crippen molar-refractivity contribution in [3.8, 4) is 0 Å². The Hall–Kier alpha value is -0.830. The lowest BCUT2D eigenvalue weighted by Gasteiger charge is -2.49. The third-order valence-corrected chi connectivity index (χ3v) is 11.0. The average molecular weight is 572 g/mol. The van der Waals surface area contributed by atoms with Crippen LogP contribution < -0.4 is 0 Å². The summed E-state index contributed by atoms with van der Waals surface area (Å²) in [6.45, 7) is 26.8. The van der Waals surface area contributed by atoms with Gasteiger partial charge in [-0.25, -0.2) is 0 Å². The molecule has 2 heterocycles. The number of nitrogens with zero attached hydrogens (tertiary/aromatic N) is 3. The highest BCUT2D eigenvalue weighted by atomic mass is 15.3. The van der Waals surface area contributed by atoms with E-state index in [1.54, 1.807) is 0 Å². The molecule has 2 atom stereocenters. The molecule has 1 aromatic heterocycles. The van der Waals surface area contributed by atoms with Gasteiger partial charge in [-0.1, -0.05) is 106 Å². The molecule has 0 aromatic carbocycles. The summed E-state index contributed by atoms with van der Waals surface area (Å²) in [6, 6.07) is 0. The van der Waals surface area contributed by atoms with Crippen molar-refractivity contribution in [3.63, 3.8) is 0 Å². The van der Waals surface area contributed by atoms with E-state index < -0.39 is 0 Å². The molecular formula is C38H73N3. The zero-order valence-corrected chi connectivity index (χ0v) is 29.7. The molecule has 0 aliphatic carbocycles. The van der Waals surface area contributed by atoms with Gasteiger partial charge in [0.25, 0.3) is 0 Å². The Morgan fingerprint density at radius 1 is 0.683 bits per heavy atom. The summed E-state index contributed by atoms with van der Waals surface area (Å²) in [5, 5.41) is 4.96. The van der Waals surface area contributed by atoms with Gasteiger partial charge in [-0.05, 0) is 114 Å². The third-order valence-electron chi connectivity index (χ3n) is 11.0. The third kappa shape index (κ3) is 11.3. The topological polar surface area (TPSA) is 21.1 Å². The van der Waals surface area contributed by atoms with E-state index in [0.717, 1.165) is 18.8 Å². The zero-order valence-electron chi connectivity index (χ0n) is 29.7. The quantitative estimate of drug-likeness (QED) is 0.137. The van der Waals surface area contributed by atoms with Crippen LogP contribution in [0.4, 0.5) is 0 Å². The van der Waals surface area contributed by atoms with Crippen LogP contribution in [0.15, 0.2) is 12.4 Å². The number of likely N-dealkylation sites (tertiary alicyclic amines) is 1. The van der Waals surface area contributed by atoms with E-state index in [2.05, 4.69) is 91.2 Å². The molecule has 2 rings (SSSR count). The molecule has 1 aromatic rings. The van der Waals surface area contributed by atoms with E-state index in [9.17, 15) is 0 Å². The van der Waals surface area contributed by atoms with Gasteiger partial charge in [-0.15, -0.1) is 0 Å². The summed E-state index contributed by atoms with van der Waals surface area (Å²) < 4.78 is 2.30. The standard InChI is InChI=1S/C38H73N3/c1-11-15-18-19-20-26-38(10,25-17-13-3)34-21-27-40(28-22-34)35(5,6)32-36(7,8)41-31-33(30-39-41)29-37(9,23-14-4)24-16-12-2/h30-31,34H,11-29,32H2,1-10H3. The van der Waals surface area contributed by atoms with Crippen molar-refractivity contribution in [3.05, 3.63) is 18.0 Å². The van der Waals surface area contributed by atoms with Crippen molar-refractivity contribution in [2.45, 2.75) is 196 Å². The van der Waals surface area contributed by atoms with Gasteiger partial charge in [0.15, 0.2) is 0 Å². The molecule has 3 nitrogen and oxygen atoms in total. The van der Waals surface area contributed by atoms with Gasteiger partial charge in [-0.3, -0.25) is 9.58 Å². The van der Waals surface area contributed by atoms with Crippen molar-refractivity contribution < 1.29 is 0 Å². The molecule has 0 radical (unpaired) electrons. The highest BCUT2D eigenvalue weighted by Crippen LogP contribution is 2.45. The van der Waals surface area contributed by atoms with Crippen LogP contribution in [0.1, 0.15) is 184 Å². The molecule has 0 amide bonds. The summed E-state index contributed by atoms with van der Waals surface area (Å²) in [6.07, 6.45) is 28.7. The van der Waals surface area contributed by atoms with Crippen molar-refractivity contribution in [2.24, 2.45) is 16.7 Å².